The first-order valence-electron chi connectivity index (χ1n) is 5.54. The Kier molecular flexibility index (Phi) is 3.21. The van der Waals surface area contributed by atoms with E-state index >= 15 is 0 Å². The quantitative estimate of drug-likeness (QED) is 0.689. The third-order valence-corrected chi connectivity index (χ3v) is 4.23. The Morgan fingerprint density at radius 1 is 1.60 bits per heavy atom. The highest BCUT2D eigenvalue weighted by Crippen LogP contribution is 2.51. The lowest BCUT2D eigenvalue weighted by Crippen LogP contribution is -2.39. The number of methoxy groups -OCH3 is 1. The van der Waals surface area contributed by atoms with Gasteiger partial charge >= 0.3 is 0 Å². The molecule has 0 radical (unpaired) electrons. The van der Waals surface area contributed by atoms with Crippen LogP contribution in [0.15, 0.2) is 0 Å². The van der Waals surface area contributed by atoms with Crippen LogP contribution >= 0.6 is 11.6 Å². The summed E-state index contributed by atoms with van der Waals surface area (Å²) in [5.74, 6) is 0.695. The van der Waals surface area contributed by atoms with Gasteiger partial charge in [-0.3, -0.25) is 4.79 Å². The lowest BCUT2D eigenvalue weighted by atomic mass is 9.63. The van der Waals surface area contributed by atoms with E-state index in [1.165, 1.54) is 19.3 Å². The maximum Gasteiger partial charge on any atom is 0.237 e. The molecule has 2 aliphatic rings. The van der Waals surface area contributed by atoms with E-state index in [1.54, 1.807) is 7.11 Å². The number of rotatable bonds is 3. The van der Waals surface area contributed by atoms with E-state index in [-0.39, 0.29) is 11.8 Å². The fourth-order valence-electron chi connectivity index (χ4n) is 2.94. The highest BCUT2D eigenvalue weighted by molar-refractivity contribution is 6.27. The summed E-state index contributed by atoms with van der Waals surface area (Å²) in [6, 6.07) is 0. The lowest BCUT2D eigenvalue weighted by molar-refractivity contribution is -0.128. The van der Waals surface area contributed by atoms with E-state index < -0.39 is 0 Å². The molecular weight excluding hydrogens is 214 g/mol. The zero-order chi connectivity index (χ0) is 10.9. The van der Waals surface area contributed by atoms with E-state index in [0.29, 0.717) is 11.3 Å². The van der Waals surface area contributed by atoms with Crippen LogP contribution in [-0.4, -0.2) is 43.5 Å². The summed E-state index contributed by atoms with van der Waals surface area (Å²) in [4.78, 5) is 13.5. The summed E-state index contributed by atoms with van der Waals surface area (Å²) in [5, 5.41) is 0. The number of carbonyl (C=O) groups is 1. The van der Waals surface area contributed by atoms with Gasteiger partial charge in [-0.15, -0.1) is 11.6 Å². The fourth-order valence-corrected chi connectivity index (χ4v) is 3.10. The third-order valence-electron chi connectivity index (χ3n) is 4.00. The van der Waals surface area contributed by atoms with Crippen LogP contribution in [0.25, 0.3) is 0 Å². The van der Waals surface area contributed by atoms with Crippen LogP contribution in [0.3, 0.4) is 0 Å². The lowest BCUT2D eigenvalue weighted by Gasteiger charge is -2.42. The Morgan fingerprint density at radius 3 is 2.80 bits per heavy atom. The number of nitrogens with zero attached hydrogens (tertiary/aromatic N) is 1. The topological polar surface area (TPSA) is 29.5 Å². The molecule has 4 heteroatoms. The fraction of sp³-hybridized carbons (Fsp3) is 0.909. The van der Waals surface area contributed by atoms with Crippen molar-refractivity contribution in [3.63, 3.8) is 0 Å². The normalized spacial score (nSPS) is 28.1. The average molecular weight is 232 g/mol. The Hall–Kier alpha value is -0.280. The summed E-state index contributed by atoms with van der Waals surface area (Å²) >= 11 is 5.59. The molecule has 1 saturated heterocycles. The van der Waals surface area contributed by atoms with E-state index in [1.807, 2.05) is 4.90 Å². The largest absolute Gasteiger partial charge is 0.384 e. The molecule has 1 atom stereocenters. The predicted octanol–water partition coefficient (Wildman–Crippen LogP) is 1.50. The number of alkyl halides is 1. The van der Waals surface area contributed by atoms with Crippen LogP contribution in [0, 0.1) is 11.3 Å². The molecule has 3 nitrogen and oxygen atoms in total. The van der Waals surface area contributed by atoms with Crippen molar-refractivity contribution in [1.29, 1.82) is 0 Å². The zero-order valence-electron chi connectivity index (χ0n) is 9.17. The average Bonchev–Trinajstić information content (AvgIpc) is 2.56. The second kappa shape index (κ2) is 4.30. The first kappa shape index (κ1) is 11.2. The molecule has 86 valence electrons. The summed E-state index contributed by atoms with van der Waals surface area (Å²) in [7, 11) is 1.73. The van der Waals surface area contributed by atoms with Crippen molar-refractivity contribution in [3.8, 4) is 0 Å². The van der Waals surface area contributed by atoms with Crippen LogP contribution in [0.2, 0.25) is 0 Å². The minimum atomic E-state index is 0.0709. The van der Waals surface area contributed by atoms with Gasteiger partial charge in [0.25, 0.3) is 0 Å². The summed E-state index contributed by atoms with van der Waals surface area (Å²) in [5.41, 5.74) is 0.359. The van der Waals surface area contributed by atoms with Crippen molar-refractivity contribution in [2.75, 3.05) is 32.7 Å². The molecule has 1 amide bonds. The SMILES string of the molecule is COC[C@H]1CN(C(=O)CCl)CC12CCC2. The van der Waals surface area contributed by atoms with Gasteiger partial charge in [-0.05, 0) is 18.3 Å². The van der Waals surface area contributed by atoms with Crippen molar-refractivity contribution in [2.24, 2.45) is 11.3 Å². The molecule has 1 aliphatic heterocycles. The predicted molar refractivity (Wildman–Crippen MR) is 59.0 cm³/mol. The van der Waals surface area contributed by atoms with Gasteiger partial charge < -0.3 is 9.64 Å². The van der Waals surface area contributed by atoms with E-state index in [0.717, 1.165) is 19.7 Å². The maximum atomic E-state index is 11.5. The number of amides is 1. The highest BCUT2D eigenvalue weighted by Gasteiger charge is 2.50. The van der Waals surface area contributed by atoms with Crippen molar-refractivity contribution < 1.29 is 9.53 Å². The monoisotopic (exact) mass is 231 g/mol. The van der Waals surface area contributed by atoms with E-state index in [9.17, 15) is 4.79 Å². The molecular formula is C11H18ClNO2. The van der Waals surface area contributed by atoms with E-state index in [2.05, 4.69) is 0 Å². The molecule has 1 spiro atoms. The van der Waals surface area contributed by atoms with Crippen LogP contribution in [0.4, 0.5) is 0 Å². The van der Waals surface area contributed by atoms with Crippen LogP contribution in [0.1, 0.15) is 19.3 Å². The number of hydrogen-bond donors (Lipinski definition) is 0. The number of halogens is 1. The van der Waals surface area contributed by atoms with Crippen molar-refractivity contribution >= 4 is 17.5 Å². The molecule has 1 heterocycles. The van der Waals surface area contributed by atoms with Crippen LogP contribution in [0.5, 0.6) is 0 Å². The standard InChI is InChI=1S/C11H18ClNO2/c1-15-7-9-6-13(10(14)5-12)8-11(9)3-2-4-11/h9H,2-8H2,1H3/t9-/m1/s1. The molecule has 0 unspecified atom stereocenters. The number of likely N-dealkylation sites (tertiary alicyclic amines) is 1. The zero-order valence-corrected chi connectivity index (χ0v) is 9.92. The molecule has 0 aromatic carbocycles. The summed E-state index contributed by atoms with van der Waals surface area (Å²) in [6.45, 7) is 2.50. The van der Waals surface area contributed by atoms with Gasteiger partial charge in [-0.2, -0.15) is 0 Å². The molecule has 0 N–H and O–H groups in total. The Labute approximate surface area is 95.7 Å². The number of hydrogen-bond acceptors (Lipinski definition) is 2. The smallest absolute Gasteiger partial charge is 0.237 e. The Bertz CT molecular complexity index is 253. The molecule has 2 rings (SSSR count). The van der Waals surface area contributed by atoms with Gasteiger partial charge in [-0.25, -0.2) is 0 Å². The summed E-state index contributed by atoms with van der Waals surface area (Å²) < 4.78 is 5.25. The molecule has 15 heavy (non-hydrogen) atoms. The van der Waals surface area contributed by atoms with Crippen LogP contribution < -0.4 is 0 Å². The van der Waals surface area contributed by atoms with Gasteiger partial charge in [0.15, 0.2) is 0 Å². The second-order valence-electron chi connectivity index (χ2n) is 4.78. The molecule has 2 fully saturated rings. The second-order valence-corrected chi connectivity index (χ2v) is 5.04. The molecule has 1 aliphatic carbocycles. The number of ether oxygens (including phenoxy) is 1. The van der Waals surface area contributed by atoms with Crippen molar-refractivity contribution in [3.05, 3.63) is 0 Å². The molecule has 0 aromatic heterocycles. The van der Waals surface area contributed by atoms with Gasteiger partial charge in [0, 0.05) is 26.1 Å². The first-order chi connectivity index (χ1) is 7.22. The van der Waals surface area contributed by atoms with Gasteiger partial charge in [0.2, 0.25) is 5.91 Å². The van der Waals surface area contributed by atoms with E-state index in [4.69, 9.17) is 16.3 Å². The number of carbonyl (C=O) groups excluding carboxylic acids is 1. The minimum Gasteiger partial charge on any atom is -0.384 e. The highest BCUT2D eigenvalue weighted by atomic mass is 35.5. The molecule has 0 bridgehead atoms. The van der Waals surface area contributed by atoms with Gasteiger partial charge in [0.1, 0.15) is 5.88 Å². The van der Waals surface area contributed by atoms with Gasteiger partial charge in [0.05, 0.1) is 6.61 Å². The summed E-state index contributed by atoms with van der Waals surface area (Å²) in [6.07, 6.45) is 3.78. The van der Waals surface area contributed by atoms with Crippen molar-refractivity contribution in [1.82, 2.24) is 4.90 Å². The Morgan fingerprint density at radius 2 is 2.33 bits per heavy atom. The minimum absolute atomic E-state index is 0.0709. The first-order valence-corrected chi connectivity index (χ1v) is 6.08. The maximum absolute atomic E-state index is 11.5. The van der Waals surface area contributed by atoms with Gasteiger partial charge in [-0.1, -0.05) is 6.42 Å². The Balaban J connectivity index is 2.02. The van der Waals surface area contributed by atoms with Crippen LogP contribution in [-0.2, 0) is 9.53 Å². The molecule has 1 saturated carbocycles. The van der Waals surface area contributed by atoms with Crippen molar-refractivity contribution in [2.45, 2.75) is 19.3 Å². The third kappa shape index (κ3) is 1.87. The molecule has 0 aromatic rings.